The van der Waals surface area contributed by atoms with Gasteiger partial charge in [0.2, 0.25) is 0 Å². The number of hydrogen-bond acceptors (Lipinski definition) is 2. The number of halogens is 1. The second-order valence-corrected chi connectivity index (χ2v) is 3.02. The molecule has 1 saturated heterocycles. The van der Waals surface area contributed by atoms with Gasteiger partial charge in [0.15, 0.2) is 0 Å². The minimum Gasteiger partial charge on any atom is -0.468 e. The fourth-order valence-corrected chi connectivity index (χ4v) is 1.58. The first-order chi connectivity index (χ1) is 5.47. The molecule has 1 aromatic rings. The third kappa shape index (κ3) is 2.02. The smallest absolute Gasteiger partial charge is 0.120 e. The Balaban J connectivity index is 0.000000720. The van der Waals surface area contributed by atoms with Crippen molar-refractivity contribution in [2.45, 2.75) is 25.3 Å². The zero-order valence-electron chi connectivity index (χ0n) is 6.95. The lowest BCUT2D eigenvalue weighted by Crippen LogP contribution is -2.26. The molecule has 0 spiro atoms. The van der Waals surface area contributed by atoms with Gasteiger partial charge in [-0.1, -0.05) is 6.42 Å². The molecule has 0 unspecified atom stereocenters. The SMILES string of the molecule is Cl.c1coc([C@@H]2CCCCN2)c1. The van der Waals surface area contributed by atoms with Crippen LogP contribution in [-0.2, 0) is 0 Å². The molecule has 1 aromatic heterocycles. The van der Waals surface area contributed by atoms with Gasteiger partial charge in [0.05, 0.1) is 12.3 Å². The highest BCUT2D eigenvalue weighted by Crippen LogP contribution is 2.22. The molecule has 1 N–H and O–H groups in total. The number of piperidine rings is 1. The van der Waals surface area contributed by atoms with Crippen LogP contribution in [-0.4, -0.2) is 6.54 Å². The lowest BCUT2D eigenvalue weighted by atomic mass is 10.0. The van der Waals surface area contributed by atoms with Gasteiger partial charge in [-0.15, -0.1) is 12.4 Å². The number of nitrogens with one attached hydrogen (secondary N) is 1. The molecule has 0 bridgehead atoms. The maximum Gasteiger partial charge on any atom is 0.120 e. The van der Waals surface area contributed by atoms with Gasteiger partial charge in [0.1, 0.15) is 5.76 Å². The van der Waals surface area contributed by atoms with E-state index in [1.165, 1.54) is 19.3 Å². The predicted molar refractivity (Wildman–Crippen MR) is 50.6 cm³/mol. The van der Waals surface area contributed by atoms with Crippen molar-refractivity contribution in [3.63, 3.8) is 0 Å². The summed E-state index contributed by atoms with van der Waals surface area (Å²) in [5, 5.41) is 3.43. The van der Waals surface area contributed by atoms with Crippen LogP contribution in [0.1, 0.15) is 31.1 Å². The van der Waals surface area contributed by atoms with Crippen LogP contribution in [0.4, 0.5) is 0 Å². The van der Waals surface area contributed by atoms with E-state index in [0.29, 0.717) is 6.04 Å². The summed E-state index contributed by atoms with van der Waals surface area (Å²) in [4.78, 5) is 0. The lowest BCUT2D eigenvalue weighted by molar-refractivity contribution is 0.349. The summed E-state index contributed by atoms with van der Waals surface area (Å²) in [5.74, 6) is 1.09. The average Bonchev–Trinajstić information content (AvgIpc) is 2.58. The van der Waals surface area contributed by atoms with Gasteiger partial charge in [0.25, 0.3) is 0 Å². The molecule has 2 heterocycles. The fourth-order valence-electron chi connectivity index (χ4n) is 1.58. The summed E-state index contributed by atoms with van der Waals surface area (Å²) in [6, 6.07) is 4.47. The first-order valence-electron chi connectivity index (χ1n) is 4.23. The fraction of sp³-hybridized carbons (Fsp3) is 0.556. The Morgan fingerprint density at radius 2 is 2.33 bits per heavy atom. The van der Waals surface area contributed by atoms with E-state index in [0.717, 1.165) is 12.3 Å². The van der Waals surface area contributed by atoms with E-state index >= 15 is 0 Å². The second kappa shape index (κ2) is 4.53. The summed E-state index contributed by atoms with van der Waals surface area (Å²) in [5.41, 5.74) is 0. The van der Waals surface area contributed by atoms with E-state index in [1.807, 2.05) is 12.1 Å². The van der Waals surface area contributed by atoms with Crippen LogP contribution in [0, 0.1) is 0 Å². The summed E-state index contributed by atoms with van der Waals surface area (Å²) >= 11 is 0. The molecule has 0 amide bonds. The molecule has 3 heteroatoms. The predicted octanol–water partition coefficient (Wildman–Crippen LogP) is 2.52. The molecule has 1 atom stereocenters. The first-order valence-corrected chi connectivity index (χ1v) is 4.23. The summed E-state index contributed by atoms with van der Waals surface area (Å²) in [6.45, 7) is 1.13. The summed E-state index contributed by atoms with van der Waals surface area (Å²) < 4.78 is 5.31. The van der Waals surface area contributed by atoms with Gasteiger partial charge in [-0.2, -0.15) is 0 Å². The van der Waals surface area contributed by atoms with Gasteiger partial charge < -0.3 is 9.73 Å². The van der Waals surface area contributed by atoms with Gasteiger partial charge >= 0.3 is 0 Å². The van der Waals surface area contributed by atoms with Gasteiger partial charge in [-0.3, -0.25) is 0 Å². The van der Waals surface area contributed by atoms with Crippen molar-refractivity contribution in [2.75, 3.05) is 6.54 Å². The van der Waals surface area contributed by atoms with E-state index in [-0.39, 0.29) is 12.4 Å². The Morgan fingerprint density at radius 3 is 2.92 bits per heavy atom. The molecule has 2 rings (SSSR count). The van der Waals surface area contributed by atoms with Crippen LogP contribution in [0.3, 0.4) is 0 Å². The zero-order chi connectivity index (χ0) is 7.52. The molecule has 0 radical (unpaired) electrons. The molecule has 0 aliphatic carbocycles. The minimum atomic E-state index is 0. The standard InChI is InChI=1S/C9H13NO.ClH/c1-2-6-10-8(4-1)9-5-3-7-11-9;/h3,5,7-8,10H,1-2,4,6H2;1H/t8-;/m0./s1. The van der Waals surface area contributed by atoms with Crippen molar-refractivity contribution in [3.05, 3.63) is 24.2 Å². The highest BCUT2D eigenvalue weighted by Gasteiger charge is 2.15. The Hall–Kier alpha value is -0.470. The number of hydrogen-bond donors (Lipinski definition) is 1. The van der Waals surface area contributed by atoms with Gasteiger partial charge in [-0.05, 0) is 31.5 Å². The van der Waals surface area contributed by atoms with E-state index in [2.05, 4.69) is 5.32 Å². The third-order valence-electron chi connectivity index (χ3n) is 2.20. The molecular formula is C9H14ClNO. The molecule has 68 valence electrons. The van der Waals surface area contributed by atoms with E-state index in [9.17, 15) is 0 Å². The largest absolute Gasteiger partial charge is 0.468 e. The van der Waals surface area contributed by atoms with Crippen molar-refractivity contribution >= 4 is 12.4 Å². The first kappa shape index (κ1) is 9.62. The molecule has 0 aromatic carbocycles. The van der Waals surface area contributed by atoms with Crippen molar-refractivity contribution in [1.29, 1.82) is 0 Å². The Morgan fingerprint density at radius 1 is 1.42 bits per heavy atom. The molecule has 0 saturated carbocycles. The second-order valence-electron chi connectivity index (χ2n) is 3.02. The maximum absolute atomic E-state index is 5.31. The van der Waals surface area contributed by atoms with Crippen LogP contribution < -0.4 is 5.32 Å². The van der Waals surface area contributed by atoms with Crippen molar-refractivity contribution in [2.24, 2.45) is 0 Å². The quantitative estimate of drug-likeness (QED) is 0.731. The Bertz CT molecular complexity index is 204. The third-order valence-corrected chi connectivity index (χ3v) is 2.20. The number of furan rings is 1. The molecule has 1 aliphatic rings. The van der Waals surface area contributed by atoms with Crippen molar-refractivity contribution in [3.8, 4) is 0 Å². The number of rotatable bonds is 1. The zero-order valence-corrected chi connectivity index (χ0v) is 7.77. The highest BCUT2D eigenvalue weighted by atomic mass is 35.5. The van der Waals surface area contributed by atoms with Gasteiger partial charge in [0, 0.05) is 0 Å². The van der Waals surface area contributed by atoms with Crippen LogP contribution in [0.15, 0.2) is 22.8 Å². The van der Waals surface area contributed by atoms with E-state index < -0.39 is 0 Å². The van der Waals surface area contributed by atoms with Gasteiger partial charge in [-0.25, -0.2) is 0 Å². The molecule has 2 nitrogen and oxygen atoms in total. The Labute approximate surface area is 78.7 Å². The van der Waals surface area contributed by atoms with E-state index in [1.54, 1.807) is 6.26 Å². The van der Waals surface area contributed by atoms with Crippen molar-refractivity contribution in [1.82, 2.24) is 5.32 Å². The van der Waals surface area contributed by atoms with Crippen LogP contribution in [0.5, 0.6) is 0 Å². The summed E-state index contributed by atoms with van der Waals surface area (Å²) in [6.07, 6.45) is 5.58. The monoisotopic (exact) mass is 187 g/mol. The summed E-state index contributed by atoms with van der Waals surface area (Å²) in [7, 11) is 0. The minimum absolute atomic E-state index is 0. The van der Waals surface area contributed by atoms with Crippen LogP contribution in [0.25, 0.3) is 0 Å². The Kier molecular flexibility index (Phi) is 3.63. The highest BCUT2D eigenvalue weighted by molar-refractivity contribution is 5.85. The van der Waals surface area contributed by atoms with E-state index in [4.69, 9.17) is 4.42 Å². The lowest BCUT2D eigenvalue weighted by Gasteiger charge is -2.21. The topological polar surface area (TPSA) is 25.2 Å². The normalized spacial score (nSPS) is 23.2. The molecule has 1 fully saturated rings. The average molecular weight is 188 g/mol. The van der Waals surface area contributed by atoms with Crippen LogP contribution >= 0.6 is 12.4 Å². The maximum atomic E-state index is 5.31. The molecular weight excluding hydrogens is 174 g/mol. The van der Waals surface area contributed by atoms with Crippen molar-refractivity contribution < 1.29 is 4.42 Å². The molecule has 12 heavy (non-hydrogen) atoms. The van der Waals surface area contributed by atoms with Crippen LogP contribution in [0.2, 0.25) is 0 Å². The molecule has 1 aliphatic heterocycles.